The van der Waals surface area contributed by atoms with Crippen molar-refractivity contribution in [2.45, 2.75) is 13.0 Å². The molecule has 5 rings (SSSR count). The molecule has 5 aromatic rings. The van der Waals surface area contributed by atoms with Gasteiger partial charge < -0.3 is 16.2 Å². The van der Waals surface area contributed by atoms with Gasteiger partial charge in [-0.3, -0.25) is 14.0 Å². The van der Waals surface area contributed by atoms with Crippen molar-refractivity contribution < 1.29 is 5.11 Å². The SMILES string of the molecule is CC(Nc1ncnc(N)c1-c1ncn(C)n1)c1nc2cccc(C#CCO)c2c(=O)n1-c1ccccc1. The van der Waals surface area contributed by atoms with E-state index in [0.717, 1.165) is 0 Å². The van der Waals surface area contributed by atoms with Crippen LogP contribution in [0.5, 0.6) is 0 Å². The number of aromatic nitrogens is 7. The molecule has 37 heavy (non-hydrogen) atoms. The minimum atomic E-state index is -0.499. The summed E-state index contributed by atoms with van der Waals surface area (Å²) in [5.41, 5.74) is 7.96. The van der Waals surface area contributed by atoms with Gasteiger partial charge in [-0.25, -0.2) is 19.9 Å². The first-order valence-electron chi connectivity index (χ1n) is 11.4. The number of fused-ring (bicyclic) bond motifs is 1. The molecular weight excluding hydrogens is 470 g/mol. The lowest BCUT2D eigenvalue weighted by Crippen LogP contribution is -2.28. The van der Waals surface area contributed by atoms with Crippen LogP contribution in [0.1, 0.15) is 24.4 Å². The molecule has 0 amide bonds. The van der Waals surface area contributed by atoms with E-state index >= 15 is 0 Å². The molecule has 4 N–H and O–H groups in total. The summed E-state index contributed by atoms with van der Waals surface area (Å²) in [5, 5.41) is 17.2. The zero-order valence-electron chi connectivity index (χ0n) is 20.1. The molecule has 0 aliphatic rings. The number of anilines is 2. The van der Waals surface area contributed by atoms with Crippen molar-refractivity contribution in [2.75, 3.05) is 17.7 Å². The highest BCUT2D eigenvalue weighted by atomic mass is 16.2. The Morgan fingerprint density at radius 1 is 1.11 bits per heavy atom. The summed E-state index contributed by atoms with van der Waals surface area (Å²) in [6.07, 6.45) is 2.91. The smallest absolute Gasteiger partial charge is 0.267 e. The Hall–Kier alpha value is -5.08. The normalized spacial score (nSPS) is 11.6. The van der Waals surface area contributed by atoms with Crippen LogP contribution in [-0.2, 0) is 7.05 Å². The van der Waals surface area contributed by atoms with Crippen LogP contribution < -0.4 is 16.6 Å². The Kier molecular flexibility index (Phi) is 6.32. The number of aryl methyl sites for hydroxylation is 1. The van der Waals surface area contributed by atoms with Gasteiger partial charge in [-0.05, 0) is 31.2 Å². The van der Waals surface area contributed by atoms with Gasteiger partial charge in [0.05, 0.1) is 22.6 Å². The monoisotopic (exact) mass is 493 g/mol. The lowest BCUT2D eigenvalue weighted by Gasteiger charge is -2.21. The van der Waals surface area contributed by atoms with Gasteiger partial charge in [-0.1, -0.05) is 36.1 Å². The van der Waals surface area contributed by atoms with Crippen molar-refractivity contribution in [1.29, 1.82) is 0 Å². The lowest BCUT2D eigenvalue weighted by molar-refractivity contribution is 0.350. The van der Waals surface area contributed by atoms with Gasteiger partial charge in [0.15, 0.2) is 5.82 Å². The van der Waals surface area contributed by atoms with Crippen LogP contribution >= 0.6 is 0 Å². The molecule has 0 fully saturated rings. The number of aliphatic hydroxyl groups excluding tert-OH is 1. The maximum atomic E-state index is 13.9. The number of nitrogens with zero attached hydrogens (tertiary/aromatic N) is 7. The van der Waals surface area contributed by atoms with E-state index in [1.807, 2.05) is 37.3 Å². The Labute approximate surface area is 211 Å². The molecule has 0 bridgehead atoms. The molecule has 0 aliphatic carbocycles. The van der Waals surface area contributed by atoms with Crippen molar-refractivity contribution in [3.63, 3.8) is 0 Å². The number of nitrogens with one attached hydrogen (secondary N) is 1. The van der Waals surface area contributed by atoms with Crippen molar-refractivity contribution in [3.8, 4) is 28.9 Å². The maximum absolute atomic E-state index is 13.9. The molecular formula is C26H23N9O2. The lowest BCUT2D eigenvalue weighted by atomic mass is 10.1. The number of hydrogen-bond acceptors (Lipinski definition) is 9. The van der Waals surface area contributed by atoms with Crippen LogP contribution in [0, 0.1) is 11.8 Å². The average molecular weight is 494 g/mol. The number of para-hydroxylation sites is 1. The average Bonchev–Trinajstić information content (AvgIpc) is 3.33. The second kappa shape index (κ2) is 9.88. The van der Waals surface area contributed by atoms with Gasteiger partial charge >= 0.3 is 0 Å². The number of rotatable bonds is 5. The van der Waals surface area contributed by atoms with Crippen molar-refractivity contribution >= 4 is 22.5 Å². The van der Waals surface area contributed by atoms with Gasteiger partial charge in [0, 0.05) is 12.6 Å². The molecule has 11 nitrogen and oxygen atoms in total. The van der Waals surface area contributed by atoms with Crippen molar-refractivity contribution in [3.05, 3.63) is 82.9 Å². The molecule has 184 valence electrons. The molecule has 3 aromatic heterocycles. The third-order valence-corrected chi connectivity index (χ3v) is 5.68. The highest BCUT2D eigenvalue weighted by molar-refractivity contribution is 5.85. The number of nitrogen functional groups attached to an aromatic ring is 1. The summed E-state index contributed by atoms with van der Waals surface area (Å²) in [5.74, 6) is 6.93. The van der Waals surface area contributed by atoms with Crippen LogP contribution in [0.4, 0.5) is 11.6 Å². The van der Waals surface area contributed by atoms with Crippen LogP contribution in [0.2, 0.25) is 0 Å². The standard InChI is InChI=1S/C26H23N9O2/c1-16(31-23-21(22(27)28-14-29-23)24-30-15-34(2)33-24)25-32-19-12-6-8-17(9-7-13-36)20(19)26(37)35(25)18-10-4-3-5-11-18/h3-6,8,10-12,14-16,36H,13H2,1-2H3,(H3,27,28,29,31). The first kappa shape index (κ1) is 23.7. The molecule has 11 heteroatoms. The first-order valence-corrected chi connectivity index (χ1v) is 11.4. The maximum Gasteiger partial charge on any atom is 0.267 e. The van der Waals surface area contributed by atoms with E-state index in [2.05, 4.69) is 37.2 Å². The zero-order chi connectivity index (χ0) is 25.9. The van der Waals surface area contributed by atoms with Crippen LogP contribution in [-0.4, -0.2) is 46.0 Å². The molecule has 0 aliphatic heterocycles. The minimum absolute atomic E-state index is 0.218. The summed E-state index contributed by atoms with van der Waals surface area (Å²) in [7, 11) is 1.75. The third-order valence-electron chi connectivity index (χ3n) is 5.68. The quantitative estimate of drug-likeness (QED) is 0.313. The molecule has 0 saturated carbocycles. The van der Waals surface area contributed by atoms with E-state index < -0.39 is 6.04 Å². The number of benzene rings is 2. The second-order valence-electron chi connectivity index (χ2n) is 8.20. The summed E-state index contributed by atoms with van der Waals surface area (Å²) >= 11 is 0. The number of nitrogens with two attached hydrogens (primary N) is 1. The van der Waals surface area contributed by atoms with Crippen molar-refractivity contribution in [1.82, 2.24) is 34.3 Å². The second-order valence-corrected chi connectivity index (χ2v) is 8.20. The predicted molar refractivity (Wildman–Crippen MR) is 140 cm³/mol. The Morgan fingerprint density at radius 2 is 1.92 bits per heavy atom. The molecule has 0 spiro atoms. The van der Waals surface area contributed by atoms with E-state index in [4.69, 9.17) is 10.7 Å². The summed E-state index contributed by atoms with van der Waals surface area (Å²) in [6, 6.07) is 14.0. The fraction of sp³-hybridized carbons (Fsp3) is 0.154. The van der Waals surface area contributed by atoms with Gasteiger partial charge in [-0.2, -0.15) is 5.10 Å². The largest absolute Gasteiger partial charge is 0.384 e. The molecule has 0 saturated heterocycles. The predicted octanol–water partition coefficient (Wildman–Crippen LogP) is 2.07. The van der Waals surface area contributed by atoms with E-state index in [9.17, 15) is 9.90 Å². The Morgan fingerprint density at radius 3 is 2.65 bits per heavy atom. The Balaban J connectivity index is 1.69. The third kappa shape index (κ3) is 4.49. The zero-order valence-corrected chi connectivity index (χ0v) is 20.1. The van der Waals surface area contributed by atoms with Crippen molar-refractivity contribution in [2.24, 2.45) is 7.05 Å². The van der Waals surface area contributed by atoms with Gasteiger partial charge in [-0.15, -0.1) is 0 Å². The minimum Gasteiger partial charge on any atom is -0.384 e. The molecule has 2 aromatic carbocycles. The van der Waals surface area contributed by atoms with Crippen LogP contribution in [0.15, 0.2) is 66.0 Å². The fourth-order valence-corrected chi connectivity index (χ4v) is 4.06. The van der Waals surface area contributed by atoms with Crippen LogP contribution in [0.25, 0.3) is 28.0 Å². The van der Waals surface area contributed by atoms with E-state index in [1.54, 1.807) is 40.8 Å². The van der Waals surface area contributed by atoms with Gasteiger partial charge in [0.1, 0.15) is 42.3 Å². The van der Waals surface area contributed by atoms with E-state index in [1.165, 1.54) is 6.33 Å². The summed E-state index contributed by atoms with van der Waals surface area (Å²) in [4.78, 5) is 31.6. The van der Waals surface area contributed by atoms with Gasteiger partial charge in [0.2, 0.25) is 0 Å². The number of aliphatic hydroxyl groups is 1. The first-order chi connectivity index (χ1) is 18.0. The summed E-state index contributed by atoms with van der Waals surface area (Å²) < 4.78 is 3.11. The highest BCUT2D eigenvalue weighted by Gasteiger charge is 2.22. The fourth-order valence-electron chi connectivity index (χ4n) is 4.06. The Bertz CT molecular complexity index is 1720. The van der Waals surface area contributed by atoms with Crippen LogP contribution in [0.3, 0.4) is 0 Å². The topological polar surface area (TPSA) is 150 Å². The molecule has 1 atom stereocenters. The van der Waals surface area contributed by atoms with Gasteiger partial charge in [0.25, 0.3) is 5.56 Å². The molecule has 1 unspecified atom stereocenters. The molecule has 0 radical (unpaired) electrons. The number of hydrogen-bond donors (Lipinski definition) is 3. The van der Waals surface area contributed by atoms with E-state index in [-0.39, 0.29) is 18.0 Å². The molecule has 3 heterocycles. The summed E-state index contributed by atoms with van der Waals surface area (Å²) in [6.45, 7) is 1.56. The highest BCUT2D eigenvalue weighted by Crippen LogP contribution is 2.30. The van der Waals surface area contributed by atoms with E-state index in [0.29, 0.717) is 45.2 Å².